The minimum atomic E-state index is -0.185. The van der Waals surface area contributed by atoms with Crippen LogP contribution in [0.3, 0.4) is 0 Å². The van der Waals surface area contributed by atoms with Gasteiger partial charge in [-0.1, -0.05) is 13.8 Å². The number of carbonyl (C=O) groups excluding carboxylic acids is 1. The molecule has 1 fully saturated rings. The maximum Gasteiger partial charge on any atom is 0.262 e. The lowest BCUT2D eigenvalue weighted by Gasteiger charge is -2.35. The number of aromatic nitrogens is 3. The molecule has 1 saturated heterocycles. The van der Waals surface area contributed by atoms with E-state index in [4.69, 9.17) is 0 Å². The number of rotatable bonds is 1. The summed E-state index contributed by atoms with van der Waals surface area (Å²) >= 11 is 0. The van der Waals surface area contributed by atoms with Crippen molar-refractivity contribution in [2.45, 2.75) is 33.1 Å². The third kappa shape index (κ3) is 2.33. The molecule has 1 aliphatic carbocycles. The van der Waals surface area contributed by atoms with Gasteiger partial charge in [-0.25, -0.2) is 4.98 Å². The van der Waals surface area contributed by atoms with Crippen LogP contribution in [0.2, 0.25) is 0 Å². The first kappa shape index (κ1) is 14.4. The zero-order valence-corrected chi connectivity index (χ0v) is 13.4. The van der Waals surface area contributed by atoms with Gasteiger partial charge in [-0.3, -0.25) is 14.6 Å². The molecule has 23 heavy (non-hydrogen) atoms. The Labute approximate surface area is 133 Å². The molecule has 0 bridgehead atoms. The third-order valence-electron chi connectivity index (χ3n) is 4.90. The number of hydrogen-bond acceptors (Lipinski definition) is 5. The molecule has 6 nitrogen and oxygen atoms in total. The highest BCUT2D eigenvalue weighted by Crippen LogP contribution is 2.27. The van der Waals surface area contributed by atoms with Gasteiger partial charge in [-0.15, -0.1) is 0 Å². The van der Waals surface area contributed by atoms with Gasteiger partial charge in [0, 0.05) is 31.3 Å². The average Bonchev–Trinajstić information content (AvgIpc) is 2.87. The van der Waals surface area contributed by atoms with Gasteiger partial charge < -0.3 is 4.90 Å². The highest BCUT2D eigenvalue weighted by atomic mass is 16.1. The Bertz CT molecular complexity index is 848. The molecule has 4 rings (SSSR count). The molecule has 0 spiro atoms. The normalized spacial score (nSPS) is 24.3. The number of H-pyrrole nitrogens is 1. The zero-order chi connectivity index (χ0) is 16.1. The van der Waals surface area contributed by atoms with Crippen LogP contribution >= 0.6 is 0 Å². The summed E-state index contributed by atoms with van der Waals surface area (Å²) in [6.45, 7) is 6.22. The van der Waals surface area contributed by atoms with E-state index in [-0.39, 0.29) is 11.3 Å². The van der Waals surface area contributed by atoms with Crippen LogP contribution < -0.4 is 10.5 Å². The lowest BCUT2D eigenvalue weighted by Crippen LogP contribution is -2.40. The first-order valence-electron chi connectivity index (χ1n) is 8.23. The standard InChI is InChI=1S/C17H20N4O2/c1-9-5-10(2)8-21(7-9)17-19-15-14(16(23)20-17)11-3-4-13(22)12(11)6-18-15/h6,9-10H,3-5,7-8H2,1-2H3,(H,18,19,20,23). The number of fused-ring (bicyclic) bond motifs is 3. The van der Waals surface area contributed by atoms with Crippen molar-refractivity contribution >= 4 is 22.8 Å². The molecule has 2 aromatic heterocycles. The number of aryl methyl sites for hydroxylation is 1. The van der Waals surface area contributed by atoms with Crippen LogP contribution in [0.25, 0.3) is 11.0 Å². The van der Waals surface area contributed by atoms with Crippen LogP contribution in [-0.2, 0) is 6.42 Å². The van der Waals surface area contributed by atoms with Crippen LogP contribution in [0.1, 0.15) is 42.6 Å². The van der Waals surface area contributed by atoms with E-state index in [0.29, 0.717) is 47.2 Å². The van der Waals surface area contributed by atoms with Crippen molar-refractivity contribution in [2.75, 3.05) is 18.0 Å². The summed E-state index contributed by atoms with van der Waals surface area (Å²) in [4.78, 5) is 38.3. The van der Waals surface area contributed by atoms with Crippen LogP contribution in [0, 0.1) is 11.8 Å². The van der Waals surface area contributed by atoms with Gasteiger partial charge in [-0.05, 0) is 30.2 Å². The number of nitrogens with zero attached hydrogens (tertiary/aromatic N) is 3. The van der Waals surface area contributed by atoms with Crippen molar-refractivity contribution in [1.29, 1.82) is 0 Å². The van der Waals surface area contributed by atoms with E-state index in [0.717, 1.165) is 18.7 Å². The number of ketones is 1. The first-order chi connectivity index (χ1) is 11.0. The molecular weight excluding hydrogens is 292 g/mol. The molecule has 1 N–H and O–H groups in total. The summed E-state index contributed by atoms with van der Waals surface area (Å²) in [6, 6.07) is 0. The first-order valence-corrected chi connectivity index (χ1v) is 8.23. The summed E-state index contributed by atoms with van der Waals surface area (Å²) in [5.74, 6) is 1.81. The van der Waals surface area contributed by atoms with Crippen molar-refractivity contribution in [1.82, 2.24) is 15.0 Å². The molecule has 0 aromatic carbocycles. The second-order valence-electron chi connectivity index (χ2n) is 7.01. The smallest absolute Gasteiger partial charge is 0.262 e. The van der Waals surface area contributed by atoms with E-state index in [2.05, 4.69) is 33.7 Å². The molecular formula is C17H20N4O2. The second-order valence-corrected chi connectivity index (χ2v) is 7.01. The Balaban J connectivity index is 1.83. The number of carbonyl (C=O) groups is 1. The van der Waals surface area contributed by atoms with Crippen LogP contribution in [0.15, 0.2) is 11.0 Å². The molecule has 3 heterocycles. The van der Waals surface area contributed by atoms with E-state index in [1.165, 1.54) is 6.42 Å². The monoisotopic (exact) mass is 312 g/mol. The Morgan fingerprint density at radius 2 is 1.91 bits per heavy atom. The summed E-state index contributed by atoms with van der Waals surface area (Å²) in [5, 5.41) is 0.482. The number of nitrogens with one attached hydrogen (secondary N) is 1. The Kier molecular flexibility index (Phi) is 3.21. The quantitative estimate of drug-likeness (QED) is 0.870. The van der Waals surface area contributed by atoms with E-state index in [9.17, 15) is 9.59 Å². The van der Waals surface area contributed by atoms with Gasteiger partial charge in [0.15, 0.2) is 11.4 Å². The average molecular weight is 312 g/mol. The number of anilines is 1. The zero-order valence-electron chi connectivity index (χ0n) is 13.4. The highest BCUT2D eigenvalue weighted by Gasteiger charge is 2.27. The molecule has 2 unspecified atom stereocenters. The van der Waals surface area contributed by atoms with E-state index in [1.807, 2.05) is 0 Å². The number of piperidine rings is 1. The topological polar surface area (TPSA) is 79.0 Å². The van der Waals surface area contributed by atoms with Crippen LogP contribution in [0.4, 0.5) is 5.95 Å². The predicted molar refractivity (Wildman–Crippen MR) is 88.0 cm³/mol. The Morgan fingerprint density at radius 1 is 1.17 bits per heavy atom. The summed E-state index contributed by atoms with van der Waals surface area (Å²) in [6.07, 6.45) is 3.83. The van der Waals surface area contributed by atoms with Gasteiger partial charge >= 0.3 is 0 Å². The van der Waals surface area contributed by atoms with E-state index >= 15 is 0 Å². The van der Waals surface area contributed by atoms with Crippen LogP contribution in [-0.4, -0.2) is 33.8 Å². The molecule has 2 aromatic rings. The van der Waals surface area contributed by atoms with Crippen molar-refractivity contribution in [3.05, 3.63) is 27.7 Å². The number of Topliss-reactive ketones (excluding diaryl/α,β-unsaturated/α-hetero) is 1. The maximum atomic E-state index is 12.6. The summed E-state index contributed by atoms with van der Waals surface area (Å²) in [5.41, 5.74) is 1.65. The van der Waals surface area contributed by atoms with E-state index in [1.54, 1.807) is 6.20 Å². The van der Waals surface area contributed by atoms with Gasteiger partial charge in [-0.2, -0.15) is 4.98 Å². The molecule has 120 valence electrons. The fourth-order valence-electron chi connectivity index (χ4n) is 4.01. The van der Waals surface area contributed by atoms with Gasteiger partial charge in [0.1, 0.15) is 0 Å². The maximum absolute atomic E-state index is 12.6. The fraction of sp³-hybridized carbons (Fsp3) is 0.529. The lowest BCUT2D eigenvalue weighted by atomic mass is 9.92. The molecule has 0 radical (unpaired) electrons. The predicted octanol–water partition coefficient (Wildman–Crippen LogP) is 1.93. The van der Waals surface area contributed by atoms with Crippen molar-refractivity contribution in [3.8, 4) is 0 Å². The van der Waals surface area contributed by atoms with Crippen molar-refractivity contribution < 1.29 is 4.79 Å². The molecule has 6 heteroatoms. The Hall–Kier alpha value is -2.24. The summed E-state index contributed by atoms with van der Waals surface area (Å²) in [7, 11) is 0. The van der Waals surface area contributed by atoms with Gasteiger partial charge in [0.05, 0.1) is 5.39 Å². The second kappa shape index (κ2) is 5.15. The minimum Gasteiger partial charge on any atom is -0.342 e. The molecule has 1 aliphatic heterocycles. The number of pyridine rings is 1. The van der Waals surface area contributed by atoms with Crippen LogP contribution in [0.5, 0.6) is 0 Å². The Morgan fingerprint density at radius 3 is 2.65 bits per heavy atom. The molecule has 0 saturated carbocycles. The largest absolute Gasteiger partial charge is 0.342 e. The SMILES string of the molecule is CC1CC(C)CN(c2nc3ncc4c(c3c(=O)[nH]2)CCC4=O)C1. The minimum absolute atomic E-state index is 0.0663. The number of hydrogen-bond donors (Lipinski definition) is 1. The number of aromatic amines is 1. The molecule has 2 aliphatic rings. The highest BCUT2D eigenvalue weighted by molar-refractivity contribution is 6.04. The molecule has 0 amide bonds. The van der Waals surface area contributed by atoms with Gasteiger partial charge in [0.25, 0.3) is 5.56 Å². The lowest BCUT2D eigenvalue weighted by molar-refractivity contribution is 0.0994. The van der Waals surface area contributed by atoms with Gasteiger partial charge in [0.2, 0.25) is 5.95 Å². The molecule has 2 atom stereocenters. The third-order valence-corrected chi connectivity index (χ3v) is 4.90. The van der Waals surface area contributed by atoms with Crippen molar-refractivity contribution in [3.63, 3.8) is 0 Å². The van der Waals surface area contributed by atoms with Crippen molar-refractivity contribution in [2.24, 2.45) is 11.8 Å². The fourth-order valence-corrected chi connectivity index (χ4v) is 4.01. The van der Waals surface area contributed by atoms with E-state index < -0.39 is 0 Å². The summed E-state index contributed by atoms with van der Waals surface area (Å²) < 4.78 is 0.